The van der Waals surface area contributed by atoms with Crippen molar-refractivity contribution in [1.82, 2.24) is 20.1 Å². The summed E-state index contributed by atoms with van der Waals surface area (Å²) >= 11 is 0. The molecule has 0 bridgehead atoms. The van der Waals surface area contributed by atoms with Crippen molar-refractivity contribution in [2.45, 2.75) is 19.7 Å². The number of hydrogen-bond acceptors (Lipinski definition) is 7. The van der Waals surface area contributed by atoms with Gasteiger partial charge < -0.3 is 9.26 Å². The van der Waals surface area contributed by atoms with Gasteiger partial charge in [-0.25, -0.2) is 9.78 Å². The number of halogens is 3. The molecule has 0 fully saturated rings. The summed E-state index contributed by atoms with van der Waals surface area (Å²) in [5.74, 6) is -1.57. The molecule has 0 aliphatic rings. The molecule has 11 heteroatoms. The third-order valence-corrected chi connectivity index (χ3v) is 3.43. The van der Waals surface area contributed by atoms with Crippen molar-refractivity contribution in [3.8, 4) is 11.4 Å². The number of carbonyl (C=O) groups is 1. The third-order valence-electron chi connectivity index (χ3n) is 3.43. The maximum atomic E-state index is 12.5. The molecule has 0 atom stereocenters. The van der Waals surface area contributed by atoms with Gasteiger partial charge >= 0.3 is 18.2 Å². The first-order chi connectivity index (χ1) is 12.8. The van der Waals surface area contributed by atoms with Gasteiger partial charge in [0.15, 0.2) is 0 Å². The van der Waals surface area contributed by atoms with Crippen molar-refractivity contribution in [2.75, 3.05) is 5.32 Å². The Morgan fingerprint density at radius 1 is 1.26 bits per heavy atom. The van der Waals surface area contributed by atoms with Crippen molar-refractivity contribution < 1.29 is 27.2 Å². The number of hydrogen-bond donors (Lipinski definition) is 1. The first-order valence-electron chi connectivity index (χ1n) is 7.53. The van der Waals surface area contributed by atoms with Gasteiger partial charge in [0.2, 0.25) is 5.82 Å². The normalized spacial score (nSPS) is 11.3. The van der Waals surface area contributed by atoms with Gasteiger partial charge in [0.25, 0.3) is 0 Å². The monoisotopic (exact) mass is 379 g/mol. The van der Waals surface area contributed by atoms with E-state index in [0.29, 0.717) is 0 Å². The quantitative estimate of drug-likeness (QED) is 0.739. The number of anilines is 1. The first kappa shape index (κ1) is 18.3. The van der Waals surface area contributed by atoms with E-state index in [1.165, 1.54) is 18.3 Å². The van der Waals surface area contributed by atoms with Crippen LogP contribution < -0.4 is 5.32 Å². The molecule has 1 amide bonds. The fourth-order valence-electron chi connectivity index (χ4n) is 1.99. The molecule has 3 aromatic heterocycles. The second kappa shape index (κ2) is 7.40. The minimum atomic E-state index is -4.73. The van der Waals surface area contributed by atoms with Crippen LogP contribution in [-0.4, -0.2) is 26.2 Å². The zero-order valence-electron chi connectivity index (χ0n) is 13.8. The zero-order valence-corrected chi connectivity index (χ0v) is 13.8. The van der Waals surface area contributed by atoms with E-state index >= 15 is 0 Å². The molecule has 3 aromatic rings. The van der Waals surface area contributed by atoms with E-state index in [9.17, 15) is 18.0 Å². The van der Waals surface area contributed by atoms with Crippen LogP contribution in [0.2, 0.25) is 0 Å². The SMILES string of the molecule is Cc1ccncc1COC(=O)Nc1ccc(-c2noc(C(F)(F)F)n2)cn1. The summed E-state index contributed by atoms with van der Waals surface area (Å²) in [4.78, 5) is 22.9. The predicted octanol–water partition coefficient (Wildman–Crippen LogP) is 3.60. The molecule has 0 aliphatic heterocycles. The lowest BCUT2D eigenvalue weighted by Crippen LogP contribution is -2.14. The van der Waals surface area contributed by atoms with Gasteiger partial charge in [-0.15, -0.1) is 0 Å². The van der Waals surface area contributed by atoms with E-state index in [4.69, 9.17) is 4.74 Å². The highest BCUT2D eigenvalue weighted by Gasteiger charge is 2.38. The summed E-state index contributed by atoms with van der Waals surface area (Å²) in [6.07, 6.45) is -1.04. The largest absolute Gasteiger partial charge is 0.471 e. The Hall–Kier alpha value is -3.50. The molecule has 8 nitrogen and oxygen atoms in total. The molecule has 27 heavy (non-hydrogen) atoms. The highest BCUT2D eigenvalue weighted by Crippen LogP contribution is 2.29. The van der Waals surface area contributed by atoms with Crippen molar-refractivity contribution in [3.05, 3.63) is 53.8 Å². The van der Waals surface area contributed by atoms with Crippen LogP contribution >= 0.6 is 0 Å². The van der Waals surface area contributed by atoms with Gasteiger partial charge in [-0.2, -0.15) is 18.2 Å². The summed E-state index contributed by atoms with van der Waals surface area (Å²) in [7, 11) is 0. The number of aryl methyl sites for hydroxylation is 1. The van der Waals surface area contributed by atoms with E-state index < -0.39 is 18.2 Å². The topological polar surface area (TPSA) is 103 Å². The molecule has 3 rings (SSSR count). The number of amides is 1. The van der Waals surface area contributed by atoms with Gasteiger partial charge in [0.1, 0.15) is 12.4 Å². The first-order valence-corrected chi connectivity index (χ1v) is 7.53. The van der Waals surface area contributed by atoms with E-state index in [1.54, 1.807) is 18.5 Å². The van der Waals surface area contributed by atoms with Crippen LogP contribution in [0, 0.1) is 6.92 Å². The van der Waals surface area contributed by atoms with Gasteiger partial charge in [0, 0.05) is 29.7 Å². The minimum absolute atomic E-state index is 0.0344. The van der Waals surface area contributed by atoms with Crippen LogP contribution in [0.3, 0.4) is 0 Å². The van der Waals surface area contributed by atoms with Crippen LogP contribution in [0.25, 0.3) is 11.4 Å². The molecule has 0 aromatic carbocycles. The second-order valence-electron chi connectivity index (χ2n) is 5.36. The lowest BCUT2D eigenvalue weighted by atomic mass is 10.2. The van der Waals surface area contributed by atoms with Gasteiger partial charge in [-0.3, -0.25) is 10.3 Å². The molecule has 0 aliphatic carbocycles. The smallest absolute Gasteiger partial charge is 0.444 e. The molecule has 0 radical (unpaired) electrons. The van der Waals surface area contributed by atoms with Crippen molar-refractivity contribution in [3.63, 3.8) is 0 Å². The highest BCUT2D eigenvalue weighted by atomic mass is 19.4. The Balaban J connectivity index is 1.59. The van der Waals surface area contributed by atoms with Crippen LogP contribution in [0.1, 0.15) is 17.0 Å². The third kappa shape index (κ3) is 4.57. The molecule has 0 spiro atoms. The lowest BCUT2D eigenvalue weighted by Gasteiger charge is -2.08. The summed E-state index contributed by atoms with van der Waals surface area (Å²) in [5.41, 5.74) is 1.88. The molecule has 0 unspecified atom stereocenters. The number of nitrogens with one attached hydrogen (secondary N) is 1. The van der Waals surface area contributed by atoms with E-state index in [2.05, 4.69) is 29.9 Å². The summed E-state index contributed by atoms with van der Waals surface area (Å²) in [6, 6.07) is 4.55. The Bertz CT molecular complexity index is 941. The molecule has 0 saturated carbocycles. The fraction of sp³-hybridized carbons (Fsp3) is 0.188. The Kier molecular flexibility index (Phi) is 5.01. The minimum Gasteiger partial charge on any atom is -0.444 e. The predicted molar refractivity (Wildman–Crippen MR) is 85.3 cm³/mol. The Morgan fingerprint density at radius 3 is 2.70 bits per heavy atom. The number of alkyl halides is 3. The van der Waals surface area contributed by atoms with E-state index in [-0.39, 0.29) is 23.8 Å². The fourth-order valence-corrected chi connectivity index (χ4v) is 1.99. The van der Waals surface area contributed by atoms with Crippen LogP contribution in [-0.2, 0) is 17.5 Å². The lowest BCUT2D eigenvalue weighted by molar-refractivity contribution is -0.159. The van der Waals surface area contributed by atoms with Crippen LogP contribution in [0.4, 0.5) is 23.8 Å². The maximum absolute atomic E-state index is 12.5. The average Bonchev–Trinajstić information content (AvgIpc) is 3.12. The number of ether oxygens (including phenoxy) is 1. The van der Waals surface area contributed by atoms with Crippen molar-refractivity contribution in [1.29, 1.82) is 0 Å². The van der Waals surface area contributed by atoms with E-state index in [0.717, 1.165) is 11.1 Å². The zero-order chi connectivity index (χ0) is 19.4. The average molecular weight is 379 g/mol. The number of pyridine rings is 2. The highest BCUT2D eigenvalue weighted by molar-refractivity contribution is 5.83. The molecule has 140 valence electrons. The number of aromatic nitrogens is 4. The number of nitrogens with zero attached hydrogens (tertiary/aromatic N) is 4. The van der Waals surface area contributed by atoms with Crippen LogP contribution in [0.15, 0.2) is 41.3 Å². The number of carbonyl (C=O) groups excluding carboxylic acids is 1. The molecular formula is C16H12F3N5O3. The van der Waals surface area contributed by atoms with Crippen molar-refractivity contribution >= 4 is 11.9 Å². The molecule has 0 saturated heterocycles. The summed E-state index contributed by atoms with van der Waals surface area (Å²) in [6.45, 7) is 1.90. The standard InChI is InChI=1S/C16H12F3N5O3/c1-9-4-5-20-6-11(9)8-26-15(25)22-12-3-2-10(7-21-12)13-23-14(27-24-13)16(17,18)19/h2-7H,8H2,1H3,(H,21,22,25). The van der Waals surface area contributed by atoms with Gasteiger partial charge in [-0.1, -0.05) is 5.16 Å². The molecule has 1 N–H and O–H groups in total. The molecule has 3 heterocycles. The second-order valence-corrected chi connectivity index (χ2v) is 5.36. The van der Waals surface area contributed by atoms with Crippen LogP contribution in [0.5, 0.6) is 0 Å². The van der Waals surface area contributed by atoms with Crippen molar-refractivity contribution in [2.24, 2.45) is 0 Å². The van der Waals surface area contributed by atoms with E-state index in [1.807, 2.05) is 6.92 Å². The Labute approximate surface area is 150 Å². The number of rotatable bonds is 4. The molecular weight excluding hydrogens is 367 g/mol. The Morgan fingerprint density at radius 2 is 2.07 bits per heavy atom. The van der Waals surface area contributed by atoms with Gasteiger partial charge in [-0.05, 0) is 30.7 Å². The summed E-state index contributed by atoms with van der Waals surface area (Å²) in [5, 5.41) is 5.65. The summed E-state index contributed by atoms with van der Waals surface area (Å²) < 4.78 is 46.6. The maximum Gasteiger partial charge on any atom is 0.471 e. The van der Waals surface area contributed by atoms with Gasteiger partial charge in [0.05, 0.1) is 0 Å².